The van der Waals surface area contributed by atoms with E-state index in [-0.39, 0.29) is 5.91 Å². The molecular weight excluding hydrogens is 348 g/mol. The van der Waals surface area contributed by atoms with Crippen LogP contribution in [0.5, 0.6) is 0 Å². The summed E-state index contributed by atoms with van der Waals surface area (Å²) in [6, 6.07) is 19.8. The van der Waals surface area contributed by atoms with E-state index in [1.807, 2.05) is 47.0 Å². The van der Waals surface area contributed by atoms with Gasteiger partial charge in [0.05, 0.1) is 0 Å². The molecule has 0 aliphatic heterocycles. The van der Waals surface area contributed by atoms with Gasteiger partial charge in [0.25, 0.3) is 5.91 Å². The predicted octanol–water partition coefficient (Wildman–Crippen LogP) is 3.91. The third-order valence-electron chi connectivity index (χ3n) is 4.78. The first-order valence-electron chi connectivity index (χ1n) is 9.21. The van der Waals surface area contributed by atoms with Gasteiger partial charge in [-0.25, -0.2) is 0 Å². The Morgan fingerprint density at radius 1 is 1.04 bits per heavy atom. The molecule has 0 saturated carbocycles. The summed E-state index contributed by atoms with van der Waals surface area (Å²) in [5, 5.41) is 3.97. The number of fused-ring (bicyclic) bond motifs is 1. The smallest absolute Gasteiger partial charge is 0.268 e. The fourth-order valence-electron chi connectivity index (χ4n) is 3.41. The SMILES string of the molecule is Cc1cccc(Cn2c(C(=O)NCc3ccncc3)cc3cc(N)ccc32)c1. The number of nitrogens with zero attached hydrogens (tertiary/aromatic N) is 2. The molecule has 1 amide bonds. The number of amides is 1. The van der Waals surface area contributed by atoms with Crippen molar-refractivity contribution in [2.24, 2.45) is 0 Å². The topological polar surface area (TPSA) is 72.9 Å². The molecule has 4 aromatic rings. The molecule has 0 spiro atoms. The van der Waals surface area contributed by atoms with E-state index in [4.69, 9.17) is 5.73 Å². The standard InChI is InChI=1S/C23H22N4O/c1-16-3-2-4-18(11-16)15-27-21-6-5-20(24)12-19(21)13-22(27)23(28)26-14-17-7-9-25-10-8-17/h2-13H,14-15,24H2,1H3,(H,26,28). The van der Waals surface area contributed by atoms with Crippen LogP contribution in [0.1, 0.15) is 27.2 Å². The molecule has 2 aromatic carbocycles. The lowest BCUT2D eigenvalue weighted by molar-refractivity contribution is 0.0942. The number of carbonyl (C=O) groups is 1. The molecule has 2 aromatic heterocycles. The van der Waals surface area contributed by atoms with Crippen molar-refractivity contribution in [3.8, 4) is 0 Å². The number of hydrogen-bond acceptors (Lipinski definition) is 3. The summed E-state index contributed by atoms with van der Waals surface area (Å²) in [7, 11) is 0. The van der Waals surface area contributed by atoms with Crippen LogP contribution in [0.3, 0.4) is 0 Å². The van der Waals surface area contributed by atoms with Crippen LogP contribution in [-0.4, -0.2) is 15.5 Å². The summed E-state index contributed by atoms with van der Waals surface area (Å²) < 4.78 is 2.05. The number of pyridine rings is 1. The number of nitrogens with one attached hydrogen (secondary N) is 1. The molecule has 0 atom stereocenters. The summed E-state index contributed by atoms with van der Waals surface area (Å²) >= 11 is 0. The summed E-state index contributed by atoms with van der Waals surface area (Å²) in [6.07, 6.45) is 3.44. The van der Waals surface area contributed by atoms with Gasteiger partial charge >= 0.3 is 0 Å². The molecule has 0 unspecified atom stereocenters. The zero-order valence-electron chi connectivity index (χ0n) is 15.7. The highest BCUT2D eigenvalue weighted by molar-refractivity contribution is 5.99. The van der Waals surface area contributed by atoms with E-state index in [1.165, 1.54) is 5.56 Å². The van der Waals surface area contributed by atoms with E-state index in [1.54, 1.807) is 12.4 Å². The fourth-order valence-corrected chi connectivity index (χ4v) is 3.41. The maximum Gasteiger partial charge on any atom is 0.268 e. The second-order valence-electron chi connectivity index (χ2n) is 6.96. The number of benzene rings is 2. The lowest BCUT2D eigenvalue weighted by Crippen LogP contribution is -2.25. The quantitative estimate of drug-likeness (QED) is 0.523. The highest BCUT2D eigenvalue weighted by Crippen LogP contribution is 2.24. The number of carbonyl (C=O) groups excluding carboxylic acids is 1. The number of aromatic nitrogens is 2. The lowest BCUT2D eigenvalue weighted by Gasteiger charge is -2.12. The Labute approximate surface area is 163 Å². The van der Waals surface area contributed by atoms with Crippen molar-refractivity contribution in [3.63, 3.8) is 0 Å². The second-order valence-corrected chi connectivity index (χ2v) is 6.96. The molecule has 5 nitrogen and oxygen atoms in total. The third kappa shape index (κ3) is 3.74. The van der Waals surface area contributed by atoms with Gasteiger partial charge in [-0.05, 0) is 54.4 Å². The van der Waals surface area contributed by atoms with Crippen LogP contribution in [0.15, 0.2) is 73.1 Å². The summed E-state index contributed by atoms with van der Waals surface area (Å²) in [5.74, 6) is -0.112. The summed E-state index contributed by atoms with van der Waals surface area (Å²) in [4.78, 5) is 17.0. The van der Waals surface area contributed by atoms with Crippen molar-refractivity contribution in [2.45, 2.75) is 20.0 Å². The molecule has 5 heteroatoms. The zero-order chi connectivity index (χ0) is 19.5. The molecule has 0 aliphatic rings. The molecule has 0 bridgehead atoms. The lowest BCUT2D eigenvalue weighted by atomic mass is 10.1. The zero-order valence-corrected chi connectivity index (χ0v) is 15.7. The van der Waals surface area contributed by atoms with Crippen LogP contribution in [0.4, 0.5) is 5.69 Å². The molecular formula is C23H22N4O. The number of nitrogen functional groups attached to an aromatic ring is 1. The van der Waals surface area contributed by atoms with E-state index in [0.29, 0.717) is 24.5 Å². The van der Waals surface area contributed by atoms with Crippen molar-refractivity contribution in [1.29, 1.82) is 0 Å². The first kappa shape index (κ1) is 17.8. The Bertz CT molecular complexity index is 1130. The van der Waals surface area contributed by atoms with Gasteiger partial charge in [0.15, 0.2) is 0 Å². The molecule has 3 N–H and O–H groups in total. The Morgan fingerprint density at radius 2 is 1.86 bits per heavy atom. The highest BCUT2D eigenvalue weighted by Gasteiger charge is 2.16. The fraction of sp³-hybridized carbons (Fsp3) is 0.130. The first-order chi connectivity index (χ1) is 13.6. The number of nitrogens with two attached hydrogens (primary N) is 1. The molecule has 28 heavy (non-hydrogen) atoms. The van der Waals surface area contributed by atoms with Crippen molar-refractivity contribution >= 4 is 22.5 Å². The molecule has 0 fully saturated rings. The first-order valence-corrected chi connectivity index (χ1v) is 9.21. The average Bonchev–Trinajstić information content (AvgIpc) is 3.04. The van der Waals surface area contributed by atoms with Crippen molar-refractivity contribution in [1.82, 2.24) is 14.9 Å². The Kier molecular flexibility index (Phi) is 4.81. The molecule has 0 saturated heterocycles. The highest BCUT2D eigenvalue weighted by atomic mass is 16.1. The van der Waals surface area contributed by atoms with Gasteiger partial charge in [-0.1, -0.05) is 29.8 Å². The van der Waals surface area contributed by atoms with Gasteiger partial charge in [0, 0.05) is 42.1 Å². The van der Waals surface area contributed by atoms with Crippen LogP contribution < -0.4 is 11.1 Å². The maximum absolute atomic E-state index is 13.0. The van der Waals surface area contributed by atoms with E-state index < -0.39 is 0 Å². The largest absolute Gasteiger partial charge is 0.399 e. The van der Waals surface area contributed by atoms with Gasteiger partial charge in [0.2, 0.25) is 0 Å². The number of rotatable bonds is 5. The average molecular weight is 370 g/mol. The molecule has 0 aliphatic carbocycles. The van der Waals surface area contributed by atoms with Crippen LogP contribution in [0.2, 0.25) is 0 Å². The predicted molar refractivity (Wildman–Crippen MR) is 112 cm³/mol. The van der Waals surface area contributed by atoms with Crippen molar-refractivity contribution in [3.05, 3.63) is 95.4 Å². The van der Waals surface area contributed by atoms with Crippen LogP contribution in [0, 0.1) is 6.92 Å². The van der Waals surface area contributed by atoms with E-state index >= 15 is 0 Å². The van der Waals surface area contributed by atoms with Crippen LogP contribution >= 0.6 is 0 Å². The van der Waals surface area contributed by atoms with Crippen molar-refractivity contribution < 1.29 is 4.79 Å². The molecule has 0 radical (unpaired) electrons. The number of anilines is 1. The Morgan fingerprint density at radius 3 is 2.64 bits per heavy atom. The Hall–Kier alpha value is -3.60. The van der Waals surface area contributed by atoms with Crippen LogP contribution in [0.25, 0.3) is 10.9 Å². The van der Waals surface area contributed by atoms with Gasteiger partial charge in [-0.15, -0.1) is 0 Å². The molecule has 4 rings (SSSR count). The minimum Gasteiger partial charge on any atom is -0.399 e. The van der Waals surface area contributed by atoms with Crippen molar-refractivity contribution in [2.75, 3.05) is 5.73 Å². The maximum atomic E-state index is 13.0. The summed E-state index contributed by atoms with van der Waals surface area (Å²) in [6.45, 7) is 3.14. The normalized spacial score (nSPS) is 10.9. The number of aryl methyl sites for hydroxylation is 1. The molecule has 140 valence electrons. The molecule has 2 heterocycles. The third-order valence-corrected chi connectivity index (χ3v) is 4.78. The van der Waals surface area contributed by atoms with E-state index in [2.05, 4.69) is 35.4 Å². The summed E-state index contributed by atoms with van der Waals surface area (Å²) in [5.41, 5.74) is 11.6. The number of hydrogen-bond donors (Lipinski definition) is 2. The van der Waals surface area contributed by atoms with Crippen LogP contribution in [-0.2, 0) is 13.1 Å². The monoisotopic (exact) mass is 370 g/mol. The second kappa shape index (κ2) is 7.56. The minimum absolute atomic E-state index is 0.112. The van der Waals surface area contributed by atoms with Gasteiger partial charge in [0.1, 0.15) is 5.69 Å². The van der Waals surface area contributed by atoms with E-state index in [0.717, 1.165) is 22.0 Å². The Balaban J connectivity index is 1.68. The minimum atomic E-state index is -0.112. The van der Waals surface area contributed by atoms with Gasteiger partial charge in [-0.3, -0.25) is 9.78 Å². The van der Waals surface area contributed by atoms with Gasteiger partial charge < -0.3 is 15.6 Å². The van der Waals surface area contributed by atoms with E-state index in [9.17, 15) is 4.79 Å². The van der Waals surface area contributed by atoms with Gasteiger partial charge in [-0.2, -0.15) is 0 Å².